The first-order chi connectivity index (χ1) is 12.2. The van der Waals surface area contributed by atoms with Gasteiger partial charge in [-0.05, 0) is 18.4 Å². The van der Waals surface area contributed by atoms with Gasteiger partial charge < -0.3 is 15.4 Å². The van der Waals surface area contributed by atoms with Gasteiger partial charge >= 0.3 is 0 Å². The van der Waals surface area contributed by atoms with Crippen molar-refractivity contribution in [3.05, 3.63) is 48.2 Å². The Labute approximate surface area is 146 Å². The largest absolute Gasteiger partial charge is 0.368 e. The fourth-order valence-electron chi connectivity index (χ4n) is 2.93. The van der Waals surface area contributed by atoms with Crippen LogP contribution in [0, 0.1) is 0 Å². The standard InChI is InChI=1S/C18H22N4O3/c23-16(12-25-14-8-4-5-9-14)21-17(13-6-2-1-3-7-13)18(24)20-15-10-11-19-22-15/h1-3,6-7,10-11,14,17H,4-5,8-9,12H2,(H,21,23)(H2,19,20,22,24)/t17-/m1/s1. The summed E-state index contributed by atoms with van der Waals surface area (Å²) in [6.07, 6.45) is 5.98. The zero-order chi connectivity index (χ0) is 17.5. The highest BCUT2D eigenvalue weighted by atomic mass is 16.5. The molecule has 0 aliphatic heterocycles. The van der Waals surface area contributed by atoms with Crippen LogP contribution < -0.4 is 10.6 Å². The summed E-state index contributed by atoms with van der Waals surface area (Å²) in [7, 11) is 0. The maximum atomic E-state index is 12.6. The van der Waals surface area contributed by atoms with Gasteiger partial charge in [-0.25, -0.2) is 0 Å². The molecule has 1 aromatic carbocycles. The van der Waals surface area contributed by atoms with Crippen LogP contribution in [0.4, 0.5) is 5.82 Å². The average Bonchev–Trinajstić information content (AvgIpc) is 3.32. The molecule has 3 rings (SSSR count). The number of aromatic amines is 1. The molecule has 1 fully saturated rings. The molecule has 1 aliphatic carbocycles. The Hall–Kier alpha value is -2.67. The highest BCUT2D eigenvalue weighted by Crippen LogP contribution is 2.21. The molecule has 1 aromatic heterocycles. The Morgan fingerprint density at radius 1 is 1.20 bits per heavy atom. The van der Waals surface area contributed by atoms with Gasteiger partial charge in [-0.1, -0.05) is 43.2 Å². The highest BCUT2D eigenvalue weighted by molar-refractivity contribution is 5.97. The van der Waals surface area contributed by atoms with Gasteiger partial charge in [-0.15, -0.1) is 0 Å². The van der Waals surface area contributed by atoms with E-state index >= 15 is 0 Å². The molecular formula is C18H22N4O3. The summed E-state index contributed by atoms with van der Waals surface area (Å²) < 4.78 is 5.63. The summed E-state index contributed by atoms with van der Waals surface area (Å²) in [4.78, 5) is 24.8. The minimum atomic E-state index is -0.802. The van der Waals surface area contributed by atoms with Gasteiger partial charge in [0.15, 0.2) is 0 Å². The molecule has 132 valence electrons. The van der Waals surface area contributed by atoms with Crippen LogP contribution in [0.25, 0.3) is 0 Å². The molecule has 1 atom stereocenters. The van der Waals surface area contributed by atoms with E-state index in [0.29, 0.717) is 11.4 Å². The molecule has 25 heavy (non-hydrogen) atoms. The first-order valence-corrected chi connectivity index (χ1v) is 8.48. The zero-order valence-corrected chi connectivity index (χ0v) is 13.9. The lowest BCUT2D eigenvalue weighted by molar-refractivity contribution is -0.131. The molecule has 7 nitrogen and oxygen atoms in total. The number of carbonyl (C=O) groups is 2. The predicted molar refractivity (Wildman–Crippen MR) is 92.8 cm³/mol. The van der Waals surface area contributed by atoms with Crippen molar-refractivity contribution >= 4 is 17.6 Å². The third-order valence-electron chi connectivity index (χ3n) is 4.21. The Balaban J connectivity index is 1.63. The molecular weight excluding hydrogens is 320 g/mol. The van der Waals surface area contributed by atoms with E-state index in [0.717, 1.165) is 25.7 Å². The zero-order valence-electron chi connectivity index (χ0n) is 13.9. The quantitative estimate of drug-likeness (QED) is 0.718. The van der Waals surface area contributed by atoms with Crippen LogP contribution in [0.15, 0.2) is 42.6 Å². The first-order valence-electron chi connectivity index (χ1n) is 8.48. The molecule has 2 amide bonds. The van der Waals surface area contributed by atoms with Crippen molar-refractivity contribution in [2.45, 2.75) is 37.8 Å². The Kier molecular flexibility index (Phi) is 5.79. The summed E-state index contributed by atoms with van der Waals surface area (Å²) in [5.74, 6) is -0.174. The van der Waals surface area contributed by atoms with Crippen LogP contribution in [0.5, 0.6) is 0 Å². The highest BCUT2D eigenvalue weighted by Gasteiger charge is 2.24. The monoisotopic (exact) mass is 342 g/mol. The van der Waals surface area contributed by atoms with E-state index in [-0.39, 0.29) is 24.5 Å². The fourth-order valence-corrected chi connectivity index (χ4v) is 2.93. The molecule has 1 heterocycles. The second-order valence-corrected chi connectivity index (χ2v) is 6.09. The summed E-state index contributed by atoms with van der Waals surface area (Å²) >= 11 is 0. The van der Waals surface area contributed by atoms with E-state index in [1.807, 2.05) is 18.2 Å². The number of anilines is 1. The maximum Gasteiger partial charge on any atom is 0.252 e. The van der Waals surface area contributed by atoms with Crippen molar-refractivity contribution in [1.82, 2.24) is 15.5 Å². The molecule has 0 saturated heterocycles. The van der Waals surface area contributed by atoms with Gasteiger partial charge in [-0.2, -0.15) is 5.10 Å². The lowest BCUT2D eigenvalue weighted by atomic mass is 10.1. The number of H-pyrrole nitrogens is 1. The topological polar surface area (TPSA) is 96.1 Å². The number of benzene rings is 1. The maximum absolute atomic E-state index is 12.6. The summed E-state index contributed by atoms with van der Waals surface area (Å²) in [5.41, 5.74) is 0.703. The van der Waals surface area contributed by atoms with Gasteiger partial charge in [0.1, 0.15) is 18.5 Å². The number of carbonyl (C=O) groups excluding carboxylic acids is 2. The van der Waals surface area contributed by atoms with Crippen LogP contribution in [0.1, 0.15) is 37.3 Å². The van der Waals surface area contributed by atoms with Gasteiger partial charge in [0.2, 0.25) is 5.91 Å². The van der Waals surface area contributed by atoms with Gasteiger partial charge in [0.05, 0.1) is 12.3 Å². The van der Waals surface area contributed by atoms with Crippen LogP contribution >= 0.6 is 0 Å². The Bertz CT molecular complexity index is 682. The molecule has 3 N–H and O–H groups in total. The van der Waals surface area contributed by atoms with Crippen LogP contribution in [0.3, 0.4) is 0 Å². The minimum Gasteiger partial charge on any atom is -0.368 e. The van der Waals surface area contributed by atoms with Gasteiger partial charge in [0, 0.05) is 6.07 Å². The third kappa shape index (κ3) is 4.90. The predicted octanol–water partition coefficient (Wildman–Crippen LogP) is 2.16. The molecule has 0 spiro atoms. The van der Waals surface area contributed by atoms with Crippen molar-refractivity contribution in [2.75, 3.05) is 11.9 Å². The van der Waals surface area contributed by atoms with Crippen molar-refractivity contribution in [3.8, 4) is 0 Å². The van der Waals surface area contributed by atoms with E-state index in [1.165, 1.54) is 0 Å². The third-order valence-corrected chi connectivity index (χ3v) is 4.21. The first kappa shape index (κ1) is 17.2. The number of hydrogen-bond acceptors (Lipinski definition) is 4. The van der Waals surface area contributed by atoms with Crippen LogP contribution in [-0.2, 0) is 14.3 Å². The molecule has 0 bridgehead atoms. The minimum absolute atomic E-state index is 0.0364. The van der Waals surface area contributed by atoms with Crippen molar-refractivity contribution < 1.29 is 14.3 Å². The molecule has 7 heteroatoms. The Morgan fingerprint density at radius 3 is 2.64 bits per heavy atom. The van der Waals surface area contributed by atoms with E-state index in [9.17, 15) is 9.59 Å². The number of rotatable bonds is 7. The van der Waals surface area contributed by atoms with Crippen LogP contribution in [-0.4, -0.2) is 34.7 Å². The number of hydrogen-bond donors (Lipinski definition) is 3. The normalized spacial score (nSPS) is 15.7. The second-order valence-electron chi connectivity index (χ2n) is 6.09. The molecule has 2 aromatic rings. The molecule has 1 aliphatic rings. The smallest absolute Gasteiger partial charge is 0.252 e. The molecule has 0 unspecified atom stereocenters. The number of ether oxygens (including phenoxy) is 1. The second kappa shape index (κ2) is 8.43. The van der Waals surface area contributed by atoms with Crippen molar-refractivity contribution in [3.63, 3.8) is 0 Å². The number of nitrogens with one attached hydrogen (secondary N) is 3. The molecule has 1 saturated carbocycles. The van der Waals surface area contributed by atoms with E-state index in [1.54, 1.807) is 24.4 Å². The number of nitrogens with zero attached hydrogens (tertiary/aromatic N) is 1. The summed E-state index contributed by atoms with van der Waals surface area (Å²) in [5, 5.41) is 11.9. The Morgan fingerprint density at radius 2 is 1.96 bits per heavy atom. The van der Waals surface area contributed by atoms with E-state index in [2.05, 4.69) is 20.8 Å². The van der Waals surface area contributed by atoms with E-state index < -0.39 is 6.04 Å². The lowest BCUT2D eigenvalue weighted by Crippen LogP contribution is -2.39. The number of amides is 2. The van der Waals surface area contributed by atoms with Crippen molar-refractivity contribution in [2.24, 2.45) is 0 Å². The van der Waals surface area contributed by atoms with Crippen LogP contribution in [0.2, 0.25) is 0 Å². The summed E-state index contributed by atoms with van der Waals surface area (Å²) in [6.45, 7) is -0.0364. The van der Waals surface area contributed by atoms with E-state index in [4.69, 9.17) is 4.74 Å². The average molecular weight is 342 g/mol. The van der Waals surface area contributed by atoms with Gasteiger partial charge in [0.25, 0.3) is 5.91 Å². The fraction of sp³-hybridized carbons (Fsp3) is 0.389. The van der Waals surface area contributed by atoms with Crippen molar-refractivity contribution in [1.29, 1.82) is 0 Å². The molecule has 0 radical (unpaired) electrons. The summed E-state index contributed by atoms with van der Waals surface area (Å²) in [6, 6.07) is 9.96. The van der Waals surface area contributed by atoms with Gasteiger partial charge in [-0.3, -0.25) is 14.7 Å². The SMILES string of the molecule is O=C(COC1CCCC1)N[C@@H](C(=O)Nc1ccn[nH]1)c1ccccc1. The number of aromatic nitrogens is 2. The lowest BCUT2D eigenvalue weighted by Gasteiger charge is -2.19.